The maximum Gasteiger partial charge on any atom is 0.319 e. The zero-order chi connectivity index (χ0) is 28.5. The van der Waals surface area contributed by atoms with Gasteiger partial charge >= 0.3 is 6.03 Å². The van der Waals surface area contributed by atoms with Crippen LogP contribution in [0.3, 0.4) is 0 Å². The Bertz CT molecular complexity index is 938. The number of likely N-dealkylation sites (N-methyl/N-ethyl adjacent to an activating group) is 1. The van der Waals surface area contributed by atoms with Crippen molar-refractivity contribution in [2.45, 2.75) is 91.0 Å². The molecule has 0 unspecified atom stereocenters. The second kappa shape index (κ2) is 14.9. The maximum atomic E-state index is 14.1. The van der Waals surface area contributed by atoms with Crippen LogP contribution >= 0.6 is 0 Å². The van der Waals surface area contributed by atoms with Crippen molar-refractivity contribution in [2.75, 3.05) is 45.2 Å². The summed E-state index contributed by atoms with van der Waals surface area (Å²) in [5.74, 6) is 1.09. The van der Waals surface area contributed by atoms with E-state index >= 15 is 0 Å². The number of anilines is 1. The van der Waals surface area contributed by atoms with E-state index in [0.29, 0.717) is 30.2 Å². The molecule has 9 nitrogen and oxygen atoms in total. The van der Waals surface area contributed by atoms with Crippen molar-refractivity contribution in [3.8, 4) is 5.75 Å². The van der Waals surface area contributed by atoms with Gasteiger partial charge < -0.3 is 35.0 Å². The standard InChI is InChI=1S/C30H50N4O5/c1-20(2)31-30(37)32-25-12-13-27-26(15-25)29(36)34(22(4)19-35)16-21(3)28(18-33(6)17-24-10-11-24)38-14-8-7-9-23(5)39-27/h12-13,15,20-24,28,35H,7-11,14,16-19H2,1-6H3,(H2,31,32,37)/t21-,22+,23-,28+/m1/s1. The van der Waals surface area contributed by atoms with E-state index in [1.165, 1.54) is 12.8 Å². The highest BCUT2D eigenvalue weighted by molar-refractivity contribution is 5.99. The molecule has 3 amide bonds. The number of hydrogen-bond donors (Lipinski definition) is 3. The maximum absolute atomic E-state index is 14.1. The second-order valence-corrected chi connectivity index (χ2v) is 11.9. The summed E-state index contributed by atoms with van der Waals surface area (Å²) in [6, 6.07) is 4.43. The minimum Gasteiger partial charge on any atom is -0.490 e. The van der Waals surface area contributed by atoms with Gasteiger partial charge in [-0.15, -0.1) is 0 Å². The number of ether oxygens (including phenoxy) is 2. The molecule has 39 heavy (non-hydrogen) atoms. The lowest BCUT2D eigenvalue weighted by atomic mass is 10.0. The molecule has 0 radical (unpaired) electrons. The van der Waals surface area contributed by atoms with Gasteiger partial charge in [0.2, 0.25) is 0 Å². The average molecular weight is 547 g/mol. The Labute approximate surface area is 234 Å². The lowest BCUT2D eigenvalue weighted by molar-refractivity contribution is -0.0172. The van der Waals surface area contributed by atoms with E-state index in [1.807, 2.05) is 27.7 Å². The number of amides is 3. The van der Waals surface area contributed by atoms with Gasteiger partial charge in [-0.05, 0) is 91.0 Å². The van der Waals surface area contributed by atoms with Gasteiger partial charge in [0, 0.05) is 43.9 Å². The first-order valence-corrected chi connectivity index (χ1v) is 14.7. The van der Waals surface area contributed by atoms with Crippen molar-refractivity contribution >= 4 is 17.6 Å². The van der Waals surface area contributed by atoms with Crippen molar-refractivity contribution in [2.24, 2.45) is 11.8 Å². The predicted octanol–water partition coefficient (Wildman–Crippen LogP) is 4.35. The van der Waals surface area contributed by atoms with Crippen LogP contribution in [-0.4, -0.2) is 91.0 Å². The van der Waals surface area contributed by atoms with Gasteiger partial charge in [0.1, 0.15) is 5.75 Å². The van der Waals surface area contributed by atoms with E-state index in [9.17, 15) is 14.7 Å². The van der Waals surface area contributed by atoms with E-state index < -0.39 is 6.04 Å². The van der Waals surface area contributed by atoms with Gasteiger partial charge in [-0.25, -0.2) is 4.79 Å². The molecule has 1 aromatic carbocycles. The van der Waals surface area contributed by atoms with Crippen LogP contribution in [0.4, 0.5) is 10.5 Å². The molecule has 0 saturated heterocycles. The van der Waals surface area contributed by atoms with Crippen LogP contribution in [0.2, 0.25) is 0 Å². The number of aliphatic hydroxyl groups is 1. The van der Waals surface area contributed by atoms with Crippen molar-refractivity contribution in [1.82, 2.24) is 15.1 Å². The summed E-state index contributed by atoms with van der Waals surface area (Å²) in [6.07, 6.45) is 5.23. The molecule has 220 valence electrons. The summed E-state index contributed by atoms with van der Waals surface area (Å²) in [7, 11) is 2.15. The SMILES string of the molecule is CC(C)NC(=O)Nc1ccc2c(c1)C(=O)N([C@@H](C)CO)C[C@@H](C)[C@H](CN(C)CC1CC1)OCCCC[C@@H](C)O2. The molecule has 1 aromatic rings. The number of carbonyl (C=O) groups excluding carboxylic acids is 2. The molecular weight excluding hydrogens is 496 g/mol. The number of nitrogens with one attached hydrogen (secondary N) is 2. The highest BCUT2D eigenvalue weighted by Crippen LogP contribution is 2.30. The normalized spacial score (nSPS) is 24.1. The predicted molar refractivity (Wildman–Crippen MR) is 154 cm³/mol. The highest BCUT2D eigenvalue weighted by Gasteiger charge is 2.31. The van der Waals surface area contributed by atoms with Crippen LogP contribution in [0.25, 0.3) is 0 Å². The molecule has 4 atom stereocenters. The van der Waals surface area contributed by atoms with Crippen LogP contribution < -0.4 is 15.4 Å². The summed E-state index contributed by atoms with van der Waals surface area (Å²) >= 11 is 0. The van der Waals surface area contributed by atoms with Crippen molar-refractivity contribution in [3.63, 3.8) is 0 Å². The van der Waals surface area contributed by atoms with E-state index in [2.05, 4.69) is 29.5 Å². The zero-order valence-electron chi connectivity index (χ0n) is 24.7. The molecular formula is C30H50N4O5. The Kier molecular flexibility index (Phi) is 11.9. The Morgan fingerprint density at radius 2 is 1.90 bits per heavy atom. The van der Waals surface area contributed by atoms with E-state index in [4.69, 9.17) is 9.47 Å². The third-order valence-electron chi connectivity index (χ3n) is 7.49. The lowest BCUT2D eigenvalue weighted by Gasteiger charge is -2.36. The second-order valence-electron chi connectivity index (χ2n) is 11.9. The number of rotatable bonds is 8. The van der Waals surface area contributed by atoms with E-state index in [0.717, 1.165) is 38.3 Å². The molecule has 3 N–H and O–H groups in total. The summed E-state index contributed by atoms with van der Waals surface area (Å²) < 4.78 is 12.7. The van der Waals surface area contributed by atoms with Crippen LogP contribution in [0.1, 0.15) is 77.1 Å². The number of aliphatic hydroxyl groups excluding tert-OH is 1. The molecule has 2 aliphatic rings. The fourth-order valence-electron chi connectivity index (χ4n) is 5.02. The molecule has 0 bridgehead atoms. The summed E-state index contributed by atoms with van der Waals surface area (Å²) in [6.45, 7) is 12.6. The number of nitrogens with zero attached hydrogens (tertiary/aromatic N) is 2. The number of hydrogen-bond acceptors (Lipinski definition) is 6. The van der Waals surface area contributed by atoms with Gasteiger partial charge in [0.25, 0.3) is 5.91 Å². The minimum absolute atomic E-state index is 0.0195. The van der Waals surface area contributed by atoms with Crippen LogP contribution in [0.5, 0.6) is 5.75 Å². The monoisotopic (exact) mass is 546 g/mol. The first kappa shape index (κ1) is 31.2. The van der Waals surface area contributed by atoms with E-state index in [1.54, 1.807) is 23.1 Å². The average Bonchev–Trinajstić information content (AvgIpc) is 3.69. The molecule has 1 saturated carbocycles. The molecule has 0 spiro atoms. The van der Waals surface area contributed by atoms with Gasteiger partial charge in [-0.3, -0.25) is 4.79 Å². The summed E-state index contributed by atoms with van der Waals surface area (Å²) in [4.78, 5) is 30.5. The Balaban J connectivity index is 1.91. The largest absolute Gasteiger partial charge is 0.490 e. The first-order chi connectivity index (χ1) is 18.6. The smallest absolute Gasteiger partial charge is 0.319 e. The summed E-state index contributed by atoms with van der Waals surface area (Å²) in [5, 5.41) is 15.7. The van der Waals surface area contributed by atoms with Crippen LogP contribution in [0, 0.1) is 11.8 Å². The molecule has 1 heterocycles. The molecule has 3 rings (SSSR count). The van der Waals surface area contributed by atoms with Gasteiger partial charge in [-0.2, -0.15) is 0 Å². The van der Waals surface area contributed by atoms with Crippen LogP contribution in [0.15, 0.2) is 18.2 Å². The molecule has 1 aliphatic carbocycles. The lowest BCUT2D eigenvalue weighted by Crippen LogP contribution is -2.47. The number of fused-ring (bicyclic) bond motifs is 1. The Morgan fingerprint density at radius 1 is 1.15 bits per heavy atom. The molecule has 1 aliphatic heterocycles. The van der Waals surface area contributed by atoms with E-state index in [-0.39, 0.29) is 42.7 Å². The van der Waals surface area contributed by atoms with Crippen molar-refractivity contribution < 1.29 is 24.2 Å². The summed E-state index contributed by atoms with van der Waals surface area (Å²) in [5.41, 5.74) is 0.877. The zero-order valence-corrected chi connectivity index (χ0v) is 24.7. The highest BCUT2D eigenvalue weighted by atomic mass is 16.5. The van der Waals surface area contributed by atoms with Gasteiger partial charge in [0.15, 0.2) is 0 Å². The third kappa shape index (κ3) is 9.96. The van der Waals surface area contributed by atoms with Gasteiger partial charge in [-0.1, -0.05) is 6.92 Å². The quantitative estimate of drug-likeness (QED) is 0.448. The van der Waals surface area contributed by atoms with Gasteiger partial charge in [0.05, 0.1) is 30.4 Å². The Morgan fingerprint density at radius 3 is 2.56 bits per heavy atom. The third-order valence-corrected chi connectivity index (χ3v) is 7.49. The van der Waals surface area contributed by atoms with Crippen molar-refractivity contribution in [1.29, 1.82) is 0 Å². The van der Waals surface area contributed by atoms with Crippen LogP contribution in [-0.2, 0) is 4.74 Å². The first-order valence-electron chi connectivity index (χ1n) is 14.7. The Hall–Kier alpha value is -2.36. The molecule has 0 aromatic heterocycles. The number of carbonyl (C=O) groups is 2. The fraction of sp³-hybridized carbons (Fsp3) is 0.733. The molecule has 9 heteroatoms. The number of benzene rings is 1. The minimum atomic E-state index is -0.399. The molecule has 1 fully saturated rings. The van der Waals surface area contributed by atoms with Crippen molar-refractivity contribution in [3.05, 3.63) is 23.8 Å². The number of urea groups is 1. The topological polar surface area (TPSA) is 103 Å². The fourth-order valence-corrected chi connectivity index (χ4v) is 5.02.